The highest BCUT2D eigenvalue weighted by Gasteiger charge is 2.33. The van der Waals surface area contributed by atoms with Gasteiger partial charge in [0.25, 0.3) is 0 Å². The predicted molar refractivity (Wildman–Crippen MR) is 130 cm³/mol. The number of hydrazine groups is 1. The zero-order chi connectivity index (χ0) is 23.4. The summed E-state index contributed by atoms with van der Waals surface area (Å²) in [5, 5.41) is 6.62. The average Bonchev–Trinajstić information content (AvgIpc) is 3.29. The Labute approximate surface area is 203 Å². The Morgan fingerprint density at radius 1 is 1.18 bits per heavy atom. The normalized spacial score (nSPS) is 17.6. The number of ether oxygens (including phenoxy) is 2. The highest BCUT2D eigenvalue weighted by molar-refractivity contribution is 6.38. The highest BCUT2D eigenvalue weighted by Crippen LogP contribution is 2.38. The third-order valence-corrected chi connectivity index (χ3v) is 6.23. The van der Waals surface area contributed by atoms with Crippen LogP contribution in [0.1, 0.15) is 24.9 Å². The van der Waals surface area contributed by atoms with Crippen molar-refractivity contribution >= 4 is 34.7 Å². The molecule has 2 aromatic rings. The van der Waals surface area contributed by atoms with Crippen molar-refractivity contribution in [3.05, 3.63) is 58.5 Å². The minimum atomic E-state index is -0.290. The molecule has 0 saturated carbocycles. The van der Waals surface area contributed by atoms with Gasteiger partial charge in [-0.25, -0.2) is 5.84 Å². The van der Waals surface area contributed by atoms with Gasteiger partial charge in [-0.2, -0.15) is 5.10 Å². The van der Waals surface area contributed by atoms with E-state index in [2.05, 4.69) is 19.9 Å². The number of nitrogens with two attached hydrogens (primary N) is 2. The zero-order valence-electron chi connectivity index (χ0n) is 18.3. The Balaban J connectivity index is 1.62. The molecule has 1 fully saturated rings. The van der Waals surface area contributed by atoms with Crippen molar-refractivity contribution in [2.75, 3.05) is 37.9 Å². The molecule has 2 aliphatic heterocycles. The summed E-state index contributed by atoms with van der Waals surface area (Å²) >= 11 is 12.8. The molecule has 1 aromatic heterocycles. The van der Waals surface area contributed by atoms with Crippen molar-refractivity contribution in [1.82, 2.24) is 14.9 Å². The minimum Gasteiger partial charge on any atom is -0.454 e. The van der Waals surface area contributed by atoms with Crippen LogP contribution in [0.3, 0.4) is 0 Å². The first kappa shape index (κ1) is 23.4. The summed E-state index contributed by atoms with van der Waals surface area (Å²) in [6.07, 6.45) is 7.78. The van der Waals surface area contributed by atoms with Gasteiger partial charge in [-0.05, 0) is 24.1 Å². The lowest BCUT2D eigenvalue weighted by Crippen LogP contribution is -2.52. The van der Waals surface area contributed by atoms with Crippen LogP contribution in [0.2, 0.25) is 10.0 Å². The fraction of sp³-hybridized carbons (Fsp3) is 0.364. The summed E-state index contributed by atoms with van der Waals surface area (Å²) < 4.78 is 11.1. The molecule has 0 aliphatic carbocycles. The van der Waals surface area contributed by atoms with Gasteiger partial charge in [-0.15, -0.1) is 0 Å². The van der Waals surface area contributed by atoms with Gasteiger partial charge in [-0.3, -0.25) is 14.9 Å². The lowest BCUT2D eigenvalue weighted by Gasteiger charge is -2.41. The van der Waals surface area contributed by atoms with Gasteiger partial charge in [0.2, 0.25) is 6.79 Å². The maximum absolute atomic E-state index is 6.38. The summed E-state index contributed by atoms with van der Waals surface area (Å²) in [5.74, 6) is 14.1. The van der Waals surface area contributed by atoms with Crippen molar-refractivity contribution in [2.45, 2.75) is 19.4 Å². The molecule has 4 rings (SSSR count). The standard InChI is InChI=1S/C22H27Cl2N7O2/c1-2-3-6-31(26)22(28-25)20(15-4-5-18-19(11-15)33-14-32-18)29-7-9-30(10-8-29)21-16(23)12-27-13-17(21)24/h3-6,11-13,20H,2,7-10,14,25-26H2,1H3/b6-3+,28-22-. The number of benzene rings is 1. The summed E-state index contributed by atoms with van der Waals surface area (Å²) in [6.45, 7) is 5.06. The van der Waals surface area contributed by atoms with E-state index in [1.54, 1.807) is 18.6 Å². The van der Waals surface area contributed by atoms with Gasteiger partial charge >= 0.3 is 0 Å². The molecule has 176 valence electrons. The van der Waals surface area contributed by atoms with Crippen LogP contribution >= 0.6 is 23.2 Å². The average molecular weight is 492 g/mol. The fourth-order valence-corrected chi connectivity index (χ4v) is 4.69. The van der Waals surface area contributed by atoms with Crippen LogP contribution in [0.4, 0.5) is 5.69 Å². The number of amidine groups is 1. The molecular weight excluding hydrogens is 465 g/mol. The summed E-state index contributed by atoms with van der Waals surface area (Å²) in [4.78, 5) is 8.49. The van der Waals surface area contributed by atoms with Crippen LogP contribution in [0.15, 0.2) is 48.0 Å². The van der Waals surface area contributed by atoms with E-state index in [4.69, 9.17) is 44.4 Å². The number of anilines is 1. The van der Waals surface area contributed by atoms with Gasteiger partial charge in [0.15, 0.2) is 17.3 Å². The molecule has 0 radical (unpaired) electrons. The number of piperazine rings is 1. The Hall–Kier alpha value is -2.72. The summed E-state index contributed by atoms with van der Waals surface area (Å²) in [7, 11) is 0. The molecule has 1 atom stereocenters. The maximum atomic E-state index is 6.38. The van der Waals surface area contributed by atoms with Crippen molar-refractivity contribution in [1.29, 1.82) is 0 Å². The second-order valence-electron chi connectivity index (χ2n) is 7.68. The number of nitrogens with zero attached hydrogens (tertiary/aromatic N) is 5. The van der Waals surface area contributed by atoms with Crippen molar-refractivity contribution in [2.24, 2.45) is 16.8 Å². The van der Waals surface area contributed by atoms with Crippen molar-refractivity contribution < 1.29 is 9.47 Å². The molecule has 33 heavy (non-hydrogen) atoms. The van der Waals surface area contributed by atoms with Crippen LogP contribution in [0.25, 0.3) is 0 Å². The first-order valence-corrected chi connectivity index (χ1v) is 11.4. The lowest BCUT2D eigenvalue weighted by molar-refractivity contribution is 0.173. The van der Waals surface area contributed by atoms with E-state index in [1.807, 2.05) is 31.2 Å². The topological polar surface area (TPSA) is 105 Å². The van der Waals surface area contributed by atoms with E-state index in [0.29, 0.717) is 53.6 Å². The van der Waals surface area contributed by atoms with Crippen LogP contribution in [0, 0.1) is 0 Å². The monoisotopic (exact) mass is 491 g/mol. The number of aromatic nitrogens is 1. The highest BCUT2D eigenvalue weighted by atomic mass is 35.5. The predicted octanol–water partition coefficient (Wildman–Crippen LogP) is 3.35. The smallest absolute Gasteiger partial charge is 0.231 e. The largest absolute Gasteiger partial charge is 0.454 e. The minimum absolute atomic E-state index is 0.204. The van der Waals surface area contributed by atoms with E-state index >= 15 is 0 Å². The third kappa shape index (κ3) is 4.96. The molecule has 0 spiro atoms. The Morgan fingerprint density at radius 2 is 1.88 bits per heavy atom. The van der Waals surface area contributed by atoms with E-state index in [1.165, 1.54) is 5.01 Å². The van der Waals surface area contributed by atoms with E-state index in [9.17, 15) is 0 Å². The van der Waals surface area contributed by atoms with Crippen LogP contribution in [-0.2, 0) is 0 Å². The molecule has 1 aromatic carbocycles. The third-order valence-electron chi connectivity index (χ3n) is 5.68. The quantitative estimate of drug-likeness (QED) is 0.274. The maximum Gasteiger partial charge on any atom is 0.231 e. The number of hydrazone groups is 1. The zero-order valence-corrected chi connectivity index (χ0v) is 19.8. The second-order valence-corrected chi connectivity index (χ2v) is 8.49. The first-order valence-electron chi connectivity index (χ1n) is 10.7. The molecule has 3 heterocycles. The van der Waals surface area contributed by atoms with Crippen LogP contribution < -0.4 is 26.1 Å². The molecule has 0 amide bonds. The number of halogens is 2. The molecule has 0 bridgehead atoms. The molecule has 4 N–H and O–H groups in total. The number of rotatable bonds is 6. The Bertz CT molecular complexity index is 1020. The number of hydrogen-bond donors (Lipinski definition) is 2. The first-order chi connectivity index (χ1) is 16.0. The molecule has 11 heteroatoms. The van der Waals surface area contributed by atoms with Gasteiger partial charge in [-0.1, -0.05) is 42.3 Å². The van der Waals surface area contributed by atoms with Gasteiger partial charge in [0, 0.05) is 44.8 Å². The number of fused-ring (bicyclic) bond motifs is 1. The number of allylic oxidation sites excluding steroid dienone is 1. The van der Waals surface area contributed by atoms with Gasteiger partial charge < -0.3 is 20.2 Å². The van der Waals surface area contributed by atoms with Crippen LogP contribution in [0.5, 0.6) is 11.5 Å². The number of hydrogen-bond acceptors (Lipinski definition) is 8. The Morgan fingerprint density at radius 3 is 2.55 bits per heavy atom. The van der Waals surface area contributed by atoms with Crippen molar-refractivity contribution in [3.63, 3.8) is 0 Å². The molecular formula is C22H27Cl2N7O2. The van der Waals surface area contributed by atoms with E-state index < -0.39 is 0 Å². The number of pyridine rings is 1. The van der Waals surface area contributed by atoms with E-state index in [0.717, 1.165) is 17.7 Å². The fourth-order valence-electron chi connectivity index (χ4n) is 4.09. The van der Waals surface area contributed by atoms with Gasteiger partial charge in [0.1, 0.15) is 0 Å². The summed E-state index contributed by atoms with van der Waals surface area (Å²) in [5.41, 5.74) is 1.75. The van der Waals surface area contributed by atoms with Crippen LogP contribution in [-0.4, -0.2) is 53.7 Å². The Kier molecular flexibility index (Phi) is 7.44. The molecule has 1 unspecified atom stereocenters. The molecule has 2 aliphatic rings. The second kappa shape index (κ2) is 10.5. The van der Waals surface area contributed by atoms with Gasteiger partial charge in [0.05, 0.1) is 21.8 Å². The van der Waals surface area contributed by atoms with E-state index in [-0.39, 0.29) is 12.8 Å². The summed E-state index contributed by atoms with van der Waals surface area (Å²) in [6, 6.07) is 5.55. The SMILES string of the molecule is CC/C=C/N(N)/C(=N\N)C(c1ccc2c(c1)OCO2)N1CCN(c2c(Cl)cncc2Cl)CC1. The van der Waals surface area contributed by atoms with Crippen molar-refractivity contribution in [3.8, 4) is 11.5 Å². The molecule has 9 nitrogen and oxygen atoms in total. The lowest BCUT2D eigenvalue weighted by atomic mass is 10.0. The molecule has 1 saturated heterocycles.